The molecule has 7 nitrogen and oxygen atoms in total. The Morgan fingerprint density at radius 2 is 1.65 bits per heavy atom. The van der Waals surface area contributed by atoms with Crippen molar-refractivity contribution in [1.29, 1.82) is 0 Å². The standard InChI is InChI=1S/C27H32N2O5/c1-17(10-13-25(30)31)29-26(32)19(14-18-11-12-18)15-28-27(33)34-16-24-22-8-4-2-6-20(22)21-7-3-5-9-23(21)24/h2-9,17-19,24H,10-16H2,1H3,(H,28,33)(H,29,32)(H,30,31). The molecule has 34 heavy (non-hydrogen) atoms. The third-order valence-corrected chi connectivity index (χ3v) is 6.70. The smallest absolute Gasteiger partial charge is 0.407 e. The van der Waals surface area contributed by atoms with Gasteiger partial charge in [-0.3, -0.25) is 9.59 Å². The van der Waals surface area contributed by atoms with Gasteiger partial charge in [-0.05, 0) is 47.9 Å². The molecule has 0 spiro atoms. The number of carboxylic acid groups (broad SMARTS) is 1. The Morgan fingerprint density at radius 3 is 2.24 bits per heavy atom. The zero-order valence-corrected chi connectivity index (χ0v) is 19.5. The van der Waals surface area contributed by atoms with E-state index in [-0.39, 0.29) is 43.4 Å². The van der Waals surface area contributed by atoms with Crippen molar-refractivity contribution in [3.8, 4) is 11.1 Å². The maximum atomic E-state index is 12.8. The monoisotopic (exact) mass is 464 g/mol. The molecule has 2 amide bonds. The minimum absolute atomic E-state index is 0.00668. The molecule has 0 aliphatic heterocycles. The molecular formula is C27H32N2O5. The van der Waals surface area contributed by atoms with E-state index in [1.807, 2.05) is 24.3 Å². The summed E-state index contributed by atoms with van der Waals surface area (Å²) < 4.78 is 5.59. The second kappa shape index (κ2) is 10.7. The summed E-state index contributed by atoms with van der Waals surface area (Å²) >= 11 is 0. The maximum absolute atomic E-state index is 12.8. The van der Waals surface area contributed by atoms with Gasteiger partial charge in [-0.2, -0.15) is 0 Å². The van der Waals surface area contributed by atoms with E-state index in [1.165, 1.54) is 11.1 Å². The van der Waals surface area contributed by atoms with Crippen LogP contribution >= 0.6 is 0 Å². The summed E-state index contributed by atoms with van der Waals surface area (Å²) in [5.41, 5.74) is 4.64. The average Bonchev–Trinajstić information content (AvgIpc) is 3.59. The highest BCUT2D eigenvalue weighted by molar-refractivity contribution is 5.80. The highest BCUT2D eigenvalue weighted by Gasteiger charge is 2.31. The number of aliphatic carboxylic acids is 1. The summed E-state index contributed by atoms with van der Waals surface area (Å²) in [5, 5.41) is 14.5. The van der Waals surface area contributed by atoms with Gasteiger partial charge in [0.1, 0.15) is 6.61 Å². The van der Waals surface area contributed by atoms with E-state index in [4.69, 9.17) is 9.84 Å². The minimum atomic E-state index is -0.882. The van der Waals surface area contributed by atoms with Crippen LogP contribution in [0, 0.1) is 11.8 Å². The van der Waals surface area contributed by atoms with Crippen LogP contribution in [-0.4, -0.2) is 42.3 Å². The molecule has 0 saturated heterocycles. The summed E-state index contributed by atoms with van der Waals surface area (Å²) in [6.07, 6.45) is 2.76. The molecule has 2 aliphatic carbocycles. The van der Waals surface area contributed by atoms with Gasteiger partial charge in [0.05, 0.1) is 5.92 Å². The third-order valence-electron chi connectivity index (χ3n) is 6.70. The number of ether oxygens (including phenoxy) is 1. The molecule has 0 aromatic heterocycles. The van der Waals surface area contributed by atoms with Crippen molar-refractivity contribution in [2.45, 2.75) is 51.0 Å². The van der Waals surface area contributed by atoms with Crippen molar-refractivity contribution in [3.63, 3.8) is 0 Å². The van der Waals surface area contributed by atoms with E-state index in [0.717, 1.165) is 24.0 Å². The highest BCUT2D eigenvalue weighted by atomic mass is 16.5. The van der Waals surface area contributed by atoms with E-state index >= 15 is 0 Å². The Labute approximate surface area is 199 Å². The van der Waals surface area contributed by atoms with E-state index < -0.39 is 12.1 Å². The largest absolute Gasteiger partial charge is 0.481 e. The predicted molar refractivity (Wildman–Crippen MR) is 128 cm³/mol. The quantitative estimate of drug-likeness (QED) is 0.460. The summed E-state index contributed by atoms with van der Waals surface area (Å²) in [5.74, 6) is -0.898. The molecule has 3 N–H and O–H groups in total. The molecule has 0 bridgehead atoms. The first kappa shape index (κ1) is 23.8. The van der Waals surface area contributed by atoms with Crippen LogP contribution in [0.25, 0.3) is 11.1 Å². The Bertz CT molecular complexity index is 1000. The van der Waals surface area contributed by atoms with Crippen LogP contribution in [0.2, 0.25) is 0 Å². The van der Waals surface area contributed by atoms with Gasteiger partial charge in [-0.25, -0.2) is 4.79 Å². The maximum Gasteiger partial charge on any atom is 0.407 e. The van der Waals surface area contributed by atoms with Gasteiger partial charge in [0, 0.05) is 24.9 Å². The molecule has 1 saturated carbocycles. The number of alkyl carbamates (subject to hydrolysis) is 1. The number of benzene rings is 2. The molecule has 2 unspecified atom stereocenters. The lowest BCUT2D eigenvalue weighted by Crippen LogP contribution is -2.42. The molecule has 2 aromatic rings. The summed E-state index contributed by atoms with van der Waals surface area (Å²) in [6, 6.07) is 16.1. The van der Waals surface area contributed by atoms with Crippen LogP contribution in [0.5, 0.6) is 0 Å². The highest BCUT2D eigenvalue weighted by Crippen LogP contribution is 2.44. The molecule has 2 aliphatic rings. The van der Waals surface area contributed by atoms with E-state index in [9.17, 15) is 14.4 Å². The van der Waals surface area contributed by atoms with Gasteiger partial charge < -0.3 is 20.5 Å². The first-order valence-electron chi connectivity index (χ1n) is 12.0. The van der Waals surface area contributed by atoms with Gasteiger partial charge >= 0.3 is 12.1 Å². The zero-order valence-electron chi connectivity index (χ0n) is 19.5. The second-order valence-corrected chi connectivity index (χ2v) is 9.42. The topological polar surface area (TPSA) is 105 Å². The summed E-state index contributed by atoms with van der Waals surface area (Å²) in [4.78, 5) is 36.1. The first-order chi connectivity index (χ1) is 16.4. The number of nitrogens with one attached hydrogen (secondary N) is 2. The van der Waals surface area contributed by atoms with Crippen molar-refractivity contribution in [2.75, 3.05) is 13.2 Å². The predicted octanol–water partition coefficient (Wildman–Crippen LogP) is 4.31. The lowest BCUT2D eigenvalue weighted by Gasteiger charge is -2.21. The molecule has 1 fully saturated rings. The molecular weight excluding hydrogens is 432 g/mol. The minimum Gasteiger partial charge on any atom is -0.481 e. The van der Waals surface area contributed by atoms with Crippen LogP contribution in [0.4, 0.5) is 4.79 Å². The SMILES string of the molecule is CC(CCC(=O)O)NC(=O)C(CNC(=O)OCC1c2ccccc2-c2ccccc21)CC1CC1. The zero-order chi connectivity index (χ0) is 24.1. The van der Waals surface area contributed by atoms with Crippen LogP contribution in [0.15, 0.2) is 48.5 Å². The summed E-state index contributed by atoms with van der Waals surface area (Å²) in [6.45, 7) is 2.23. The fourth-order valence-electron chi connectivity index (χ4n) is 4.67. The van der Waals surface area contributed by atoms with Crippen LogP contribution in [0.3, 0.4) is 0 Å². The number of carbonyl (C=O) groups excluding carboxylic acids is 2. The van der Waals surface area contributed by atoms with Gasteiger partial charge in [0.2, 0.25) is 5.91 Å². The fourth-order valence-corrected chi connectivity index (χ4v) is 4.67. The number of hydrogen-bond donors (Lipinski definition) is 3. The Hall–Kier alpha value is -3.35. The number of hydrogen-bond acceptors (Lipinski definition) is 4. The molecule has 7 heteroatoms. The normalized spacial score (nSPS) is 16.1. The van der Waals surface area contributed by atoms with Gasteiger partial charge in [0.15, 0.2) is 0 Å². The first-order valence-corrected chi connectivity index (χ1v) is 12.0. The van der Waals surface area contributed by atoms with Gasteiger partial charge in [-0.1, -0.05) is 61.4 Å². The van der Waals surface area contributed by atoms with Crippen molar-refractivity contribution >= 4 is 18.0 Å². The Kier molecular flexibility index (Phi) is 7.50. The van der Waals surface area contributed by atoms with Crippen molar-refractivity contribution < 1.29 is 24.2 Å². The van der Waals surface area contributed by atoms with Crippen molar-refractivity contribution in [2.24, 2.45) is 11.8 Å². The van der Waals surface area contributed by atoms with Crippen LogP contribution in [-0.2, 0) is 14.3 Å². The van der Waals surface area contributed by atoms with Crippen LogP contribution in [0.1, 0.15) is 56.1 Å². The number of carboxylic acids is 1. The molecule has 180 valence electrons. The van der Waals surface area contributed by atoms with E-state index in [0.29, 0.717) is 18.8 Å². The van der Waals surface area contributed by atoms with Crippen LogP contribution < -0.4 is 10.6 Å². The fraction of sp³-hybridized carbons (Fsp3) is 0.444. The Morgan fingerprint density at radius 1 is 1.03 bits per heavy atom. The number of amides is 2. The van der Waals surface area contributed by atoms with Crippen molar-refractivity contribution in [3.05, 3.63) is 59.7 Å². The lowest BCUT2D eigenvalue weighted by molar-refractivity contribution is -0.137. The van der Waals surface area contributed by atoms with E-state index in [2.05, 4.69) is 34.9 Å². The average molecular weight is 465 g/mol. The molecule has 4 rings (SSSR count). The molecule has 0 radical (unpaired) electrons. The number of rotatable bonds is 11. The Balaban J connectivity index is 1.30. The van der Waals surface area contributed by atoms with Gasteiger partial charge in [0.25, 0.3) is 0 Å². The number of carbonyl (C=O) groups is 3. The summed E-state index contributed by atoms with van der Waals surface area (Å²) in [7, 11) is 0. The molecule has 0 heterocycles. The number of fused-ring (bicyclic) bond motifs is 3. The van der Waals surface area contributed by atoms with Gasteiger partial charge in [-0.15, -0.1) is 0 Å². The molecule has 2 atom stereocenters. The second-order valence-electron chi connectivity index (χ2n) is 9.42. The van der Waals surface area contributed by atoms with E-state index in [1.54, 1.807) is 6.92 Å². The third kappa shape index (κ3) is 5.95. The lowest BCUT2D eigenvalue weighted by atomic mass is 9.98. The van der Waals surface area contributed by atoms with Crippen molar-refractivity contribution in [1.82, 2.24) is 10.6 Å². The molecule has 2 aromatic carbocycles.